The predicted octanol–water partition coefficient (Wildman–Crippen LogP) is 1.13. The highest BCUT2D eigenvalue weighted by atomic mass is 16.1. The maximum absolute atomic E-state index is 11.0. The van der Waals surface area contributed by atoms with Crippen LogP contribution in [0.1, 0.15) is 16.1 Å². The third-order valence-electron chi connectivity index (χ3n) is 2.54. The van der Waals surface area contributed by atoms with E-state index in [4.69, 9.17) is 5.73 Å². The van der Waals surface area contributed by atoms with Crippen LogP contribution in [0.3, 0.4) is 0 Å². The molecular formula is C12H14N4O. The van der Waals surface area contributed by atoms with Gasteiger partial charge in [-0.1, -0.05) is 6.07 Å². The van der Waals surface area contributed by atoms with E-state index in [1.165, 1.54) is 0 Å². The van der Waals surface area contributed by atoms with Crippen LogP contribution in [0.25, 0.3) is 0 Å². The lowest BCUT2D eigenvalue weighted by Crippen LogP contribution is -2.11. The second-order valence-electron chi connectivity index (χ2n) is 3.79. The highest BCUT2D eigenvalue weighted by molar-refractivity contribution is 5.93. The van der Waals surface area contributed by atoms with Crippen molar-refractivity contribution in [3.05, 3.63) is 48.0 Å². The first kappa shape index (κ1) is 11.2. The Morgan fingerprint density at radius 3 is 3.00 bits per heavy atom. The first-order valence-corrected chi connectivity index (χ1v) is 5.26. The van der Waals surface area contributed by atoms with Crippen molar-refractivity contribution in [2.24, 2.45) is 12.8 Å². The Balaban J connectivity index is 2.07. The minimum absolute atomic E-state index is 0.422. The van der Waals surface area contributed by atoms with E-state index in [1.807, 2.05) is 17.7 Å². The van der Waals surface area contributed by atoms with Crippen LogP contribution < -0.4 is 11.1 Å². The first-order chi connectivity index (χ1) is 8.16. The van der Waals surface area contributed by atoms with E-state index in [-0.39, 0.29) is 0 Å². The van der Waals surface area contributed by atoms with E-state index < -0.39 is 5.91 Å². The number of primary amides is 1. The third kappa shape index (κ3) is 2.63. The molecule has 5 nitrogen and oxygen atoms in total. The van der Waals surface area contributed by atoms with Crippen molar-refractivity contribution in [2.75, 3.05) is 5.32 Å². The molecule has 2 rings (SSSR count). The molecule has 0 saturated heterocycles. The number of carbonyl (C=O) groups is 1. The zero-order chi connectivity index (χ0) is 12.3. The number of nitrogens with zero attached hydrogens (tertiary/aromatic N) is 2. The van der Waals surface area contributed by atoms with Gasteiger partial charge in [0.1, 0.15) is 0 Å². The van der Waals surface area contributed by atoms with Crippen molar-refractivity contribution in [1.29, 1.82) is 0 Å². The van der Waals surface area contributed by atoms with Crippen LogP contribution in [0, 0.1) is 0 Å². The third-order valence-corrected chi connectivity index (χ3v) is 2.54. The number of aryl methyl sites for hydroxylation is 1. The molecule has 0 aliphatic rings. The largest absolute Gasteiger partial charge is 0.379 e. The summed E-state index contributed by atoms with van der Waals surface area (Å²) in [4.78, 5) is 15.0. The number of nitrogens with one attached hydrogen (secondary N) is 1. The summed E-state index contributed by atoms with van der Waals surface area (Å²) in [5.41, 5.74) is 7.64. The lowest BCUT2D eigenvalue weighted by molar-refractivity contribution is 0.100. The lowest BCUT2D eigenvalue weighted by Gasteiger charge is -2.07. The molecule has 1 aromatic heterocycles. The molecule has 0 fully saturated rings. The van der Waals surface area contributed by atoms with Gasteiger partial charge < -0.3 is 15.6 Å². The molecule has 0 spiro atoms. The number of benzene rings is 1. The van der Waals surface area contributed by atoms with E-state index in [0.29, 0.717) is 12.1 Å². The molecule has 3 N–H and O–H groups in total. The van der Waals surface area contributed by atoms with Crippen molar-refractivity contribution in [3.63, 3.8) is 0 Å². The number of carbonyl (C=O) groups excluding carboxylic acids is 1. The van der Waals surface area contributed by atoms with E-state index in [1.54, 1.807) is 30.7 Å². The average molecular weight is 230 g/mol. The molecule has 0 unspecified atom stereocenters. The Kier molecular flexibility index (Phi) is 3.09. The van der Waals surface area contributed by atoms with Gasteiger partial charge in [-0.2, -0.15) is 0 Å². The van der Waals surface area contributed by atoms with Gasteiger partial charge in [-0.3, -0.25) is 4.79 Å². The van der Waals surface area contributed by atoms with Crippen molar-refractivity contribution < 1.29 is 4.79 Å². The summed E-state index contributed by atoms with van der Waals surface area (Å²) in [5.74, 6) is -0.422. The van der Waals surface area contributed by atoms with Crippen molar-refractivity contribution in [1.82, 2.24) is 9.55 Å². The molecule has 1 heterocycles. The van der Waals surface area contributed by atoms with Gasteiger partial charge in [0, 0.05) is 24.5 Å². The van der Waals surface area contributed by atoms with Gasteiger partial charge >= 0.3 is 0 Å². The summed E-state index contributed by atoms with van der Waals surface area (Å²) < 4.78 is 1.94. The van der Waals surface area contributed by atoms with Crippen LogP contribution in [0.5, 0.6) is 0 Å². The Hall–Kier alpha value is -2.30. The molecule has 0 aliphatic carbocycles. The molecule has 1 aromatic carbocycles. The summed E-state index contributed by atoms with van der Waals surface area (Å²) in [7, 11) is 1.93. The highest BCUT2D eigenvalue weighted by Gasteiger charge is 2.02. The molecular weight excluding hydrogens is 216 g/mol. The van der Waals surface area contributed by atoms with Crippen LogP contribution in [0.15, 0.2) is 36.8 Å². The van der Waals surface area contributed by atoms with Crippen LogP contribution in [-0.4, -0.2) is 15.5 Å². The van der Waals surface area contributed by atoms with E-state index in [9.17, 15) is 4.79 Å². The summed E-state index contributed by atoms with van der Waals surface area (Å²) in [6, 6.07) is 7.12. The Morgan fingerprint density at radius 1 is 1.53 bits per heavy atom. The molecule has 5 heteroatoms. The molecule has 17 heavy (non-hydrogen) atoms. The lowest BCUT2D eigenvalue weighted by atomic mass is 10.2. The number of imidazole rings is 1. The summed E-state index contributed by atoms with van der Waals surface area (Å²) in [6.45, 7) is 0.652. The van der Waals surface area contributed by atoms with Gasteiger partial charge in [-0.25, -0.2) is 4.98 Å². The number of anilines is 1. The first-order valence-electron chi connectivity index (χ1n) is 5.26. The van der Waals surface area contributed by atoms with Crippen LogP contribution in [0.4, 0.5) is 5.69 Å². The smallest absolute Gasteiger partial charge is 0.248 e. The quantitative estimate of drug-likeness (QED) is 0.827. The van der Waals surface area contributed by atoms with Crippen molar-refractivity contribution in [2.45, 2.75) is 6.54 Å². The van der Waals surface area contributed by atoms with Gasteiger partial charge in [0.2, 0.25) is 5.91 Å². The minimum Gasteiger partial charge on any atom is -0.379 e. The van der Waals surface area contributed by atoms with E-state index >= 15 is 0 Å². The molecule has 0 atom stereocenters. The fraction of sp³-hybridized carbons (Fsp3) is 0.167. The Morgan fingerprint density at radius 2 is 2.35 bits per heavy atom. The number of hydrogen-bond acceptors (Lipinski definition) is 3. The van der Waals surface area contributed by atoms with Crippen molar-refractivity contribution in [3.8, 4) is 0 Å². The second-order valence-corrected chi connectivity index (χ2v) is 3.79. The van der Waals surface area contributed by atoms with Crippen LogP contribution in [0.2, 0.25) is 0 Å². The topological polar surface area (TPSA) is 72.9 Å². The Labute approximate surface area is 99.3 Å². The van der Waals surface area contributed by atoms with E-state index in [0.717, 1.165) is 11.4 Å². The number of nitrogens with two attached hydrogens (primary N) is 1. The number of amides is 1. The fourth-order valence-electron chi connectivity index (χ4n) is 1.53. The van der Waals surface area contributed by atoms with Crippen LogP contribution in [-0.2, 0) is 13.6 Å². The zero-order valence-corrected chi connectivity index (χ0v) is 9.55. The van der Waals surface area contributed by atoms with Gasteiger partial charge in [-0.05, 0) is 18.2 Å². The molecule has 0 bridgehead atoms. The Bertz CT molecular complexity index is 533. The second kappa shape index (κ2) is 4.69. The highest BCUT2D eigenvalue weighted by Crippen LogP contribution is 2.11. The average Bonchev–Trinajstić information content (AvgIpc) is 2.72. The molecule has 0 aliphatic heterocycles. The summed E-state index contributed by atoms with van der Waals surface area (Å²) in [6.07, 6.45) is 3.54. The summed E-state index contributed by atoms with van der Waals surface area (Å²) >= 11 is 0. The molecule has 1 amide bonds. The monoisotopic (exact) mass is 230 g/mol. The SMILES string of the molecule is Cn1cncc1CNc1cccc(C(N)=O)c1. The molecule has 0 saturated carbocycles. The number of aromatic nitrogens is 2. The molecule has 0 radical (unpaired) electrons. The fourth-order valence-corrected chi connectivity index (χ4v) is 1.53. The van der Waals surface area contributed by atoms with Gasteiger partial charge in [-0.15, -0.1) is 0 Å². The van der Waals surface area contributed by atoms with Crippen LogP contribution >= 0.6 is 0 Å². The van der Waals surface area contributed by atoms with Crippen molar-refractivity contribution >= 4 is 11.6 Å². The normalized spacial score (nSPS) is 10.2. The minimum atomic E-state index is -0.422. The van der Waals surface area contributed by atoms with Gasteiger partial charge in [0.15, 0.2) is 0 Å². The van der Waals surface area contributed by atoms with Gasteiger partial charge in [0.25, 0.3) is 0 Å². The maximum atomic E-state index is 11.0. The standard InChI is InChI=1S/C12H14N4O/c1-16-8-14-6-11(16)7-15-10-4-2-3-9(5-10)12(13)17/h2-6,8,15H,7H2,1H3,(H2,13,17). The number of hydrogen-bond donors (Lipinski definition) is 2. The summed E-state index contributed by atoms with van der Waals surface area (Å²) in [5, 5.41) is 3.21. The maximum Gasteiger partial charge on any atom is 0.248 e. The molecule has 88 valence electrons. The number of rotatable bonds is 4. The predicted molar refractivity (Wildman–Crippen MR) is 65.5 cm³/mol. The molecule has 2 aromatic rings. The zero-order valence-electron chi connectivity index (χ0n) is 9.55. The van der Waals surface area contributed by atoms with E-state index in [2.05, 4.69) is 10.3 Å². The van der Waals surface area contributed by atoms with Gasteiger partial charge in [0.05, 0.1) is 18.6 Å².